The van der Waals surface area contributed by atoms with Gasteiger partial charge in [-0.15, -0.1) is 0 Å². The number of aromatic hydroxyl groups is 1. The number of methoxy groups -OCH3 is 1. The quantitative estimate of drug-likeness (QED) is 0.256. The highest BCUT2D eigenvalue weighted by Gasteiger charge is 2.38. The number of nitrogens with one attached hydrogen (secondary N) is 1. The minimum atomic E-state index is -0.428. The molecule has 43 heavy (non-hydrogen) atoms. The van der Waals surface area contributed by atoms with E-state index in [1.807, 2.05) is 18.2 Å². The lowest BCUT2D eigenvalue weighted by Crippen LogP contribution is -2.38. The summed E-state index contributed by atoms with van der Waals surface area (Å²) in [6.45, 7) is 8.18. The maximum Gasteiger partial charge on any atom is 0.302 e. The highest BCUT2D eigenvalue weighted by Crippen LogP contribution is 2.46. The number of nitrogens with two attached hydrogens (primary N) is 1. The Bertz CT molecular complexity index is 1190. The second kappa shape index (κ2) is 15.0. The van der Waals surface area contributed by atoms with Crippen molar-refractivity contribution in [2.24, 2.45) is 35.3 Å². The van der Waals surface area contributed by atoms with Crippen LogP contribution in [0.5, 0.6) is 11.5 Å². The summed E-state index contributed by atoms with van der Waals surface area (Å²) >= 11 is 0. The molecule has 0 aromatic heterocycles. The standard InChI is InChI=1S/C35H52N2O6/c1-21(2)30-12-9-24-7-6-8-27(16-28(30)15-24)33(43-23(4)39)19-29(42-22(3)38)11-10-25-17-34(41-5)32(40)20-31(25)26-13-14-37-35(36)18-26/h13,17-18,20-21,24,27-30,33,37,40H,6-12,14-16,19,36H2,1-5H3/t24-,27-,28+,29-,30-,33-/m1/s1. The number of phenolic OH excluding ortho intramolecular Hbond substituents is 1. The summed E-state index contributed by atoms with van der Waals surface area (Å²) in [6, 6.07) is 3.54. The van der Waals surface area contributed by atoms with Gasteiger partial charge in [-0.1, -0.05) is 39.2 Å². The molecule has 4 N–H and O–H groups in total. The van der Waals surface area contributed by atoms with Crippen molar-refractivity contribution in [3.05, 3.63) is 41.2 Å². The van der Waals surface area contributed by atoms with Gasteiger partial charge in [-0.3, -0.25) is 9.59 Å². The van der Waals surface area contributed by atoms with E-state index in [4.69, 9.17) is 19.9 Å². The summed E-state index contributed by atoms with van der Waals surface area (Å²) in [7, 11) is 1.53. The highest BCUT2D eigenvalue weighted by atomic mass is 16.6. The smallest absolute Gasteiger partial charge is 0.302 e. The van der Waals surface area contributed by atoms with Crippen LogP contribution in [-0.2, 0) is 25.5 Å². The summed E-state index contributed by atoms with van der Waals surface area (Å²) in [5, 5.41) is 13.7. The number of allylic oxidation sites excluding steroid dienone is 2. The molecule has 2 aliphatic carbocycles. The first-order valence-electron chi connectivity index (χ1n) is 16.2. The van der Waals surface area contributed by atoms with Crippen LogP contribution < -0.4 is 15.8 Å². The number of carbonyl (C=O) groups excluding carboxylic acids is 2. The van der Waals surface area contributed by atoms with Gasteiger partial charge >= 0.3 is 11.9 Å². The fraction of sp³-hybridized carbons (Fsp3) is 0.657. The number of hydrogen-bond acceptors (Lipinski definition) is 8. The largest absolute Gasteiger partial charge is 0.504 e. The van der Waals surface area contributed by atoms with Gasteiger partial charge in [-0.25, -0.2) is 0 Å². The molecule has 238 valence electrons. The summed E-state index contributed by atoms with van der Waals surface area (Å²) in [5.41, 5.74) is 8.76. The number of rotatable bonds is 11. The lowest BCUT2D eigenvalue weighted by atomic mass is 9.63. The average molecular weight is 597 g/mol. The van der Waals surface area contributed by atoms with Crippen molar-refractivity contribution in [3.8, 4) is 11.5 Å². The first kappa shape index (κ1) is 32.7. The number of fused-ring (bicyclic) bond motifs is 2. The highest BCUT2D eigenvalue weighted by molar-refractivity contribution is 5.79. The molecule has 2 saturated carbocycles. The molecule has 8 heteroatoms. The van der Waals surface area contributed by atoms with E-state index in [9.17, 15) is 14.7 Å². The fourth-order valence-electron chi connectivity index (χ4n) is 7.89. The molecule has 3 aliphatic rings. The van der Waals surface area contributed by atoms with Crippen LogP contribution in [0.3, 0.4) is 0 Å². The molecule has 1 aromatic rings. The van der Waals surface area contributed by atoms with Gasteiger partial charge in [0, 0.05) is 26.8 Å². The molecule has 0 radical (unpaired) electrons. The van der Waals surface area contributed by atoms with Crippen molar-refractivity contribution < 1.29 is 28.9 Å². The maximum atomic E-state index is 12.4. The molecule has 1 heterocycles. The van der Waals surface area contributed by atoms with Crippen molar-refractivity contribution >= 4 is 17.5 Å². The normalized spacial score (nSPS) is 25.3. The SMILES string of the molecule is COc1cc(CC[C@H](C[C@@H](OC(C)=O)[C@@H]2CCC[C@@H]3CC[C@H](C(C)C)[C@@H](C3)C2)OC(C)=O)c(C2=CCNC(N)=C2)cc1O. The lowest BCUT2D eigenvalue weighted by Gasteiger charge is -2.43. The topological polar surface area (TPSA) is 120 Å². The van der Waals surface area contributed by atoms with Crippen molar-refractivity contribution in [2.45, 2.75) is 104 Å². The third-order valence-corrected chi connectivity index (χ3v) is 9.86. The third-order valence-electron chi connectivity index (χ3n) is 9.86. The molecule has 1 aromatic carbocycles. The zero-order valence-corrected chi connectivity index (χ0v) is 26.7. The first-order chi connectivity index (χ1) is 20.5. The molecule has 4 rings (SSSR count). The lowest BCUT2D eigenvalue weighted by molar-refractivity contribution is -0.156. The van der Waals surface area contributed by atoms with Crippen molar-refractivity contribution in [1.29, 1.82) is 0 Å². The number of ether oxygens (including phenoxy) is 3. The van der Waals surface area contributed by atoms with Crippen LogP contribution in [0, 0.1) is 29.6 Å². The van der Waals surface area contributed by atoms with Crippen LogP contribution in [0.1, 0.15) is 96.6 Å². The molecule has 6 atom stereocenters. The Morgan fingerprint density at radius 3 is 2.51 bits per heavy atom. The molecule has 2 bridgehead atoms. The molecule has 8 nitrogen and oxygen atoms in total. The predicted octanol–water partition coefficient (Wildman–Crippen LogP) is 6.25. The van der Waals surface area contributed by atoms with Crippen LogP contribution in [0.2, 0.25) is 0 Å². The van der Waals surface area contributed by atoms with Gasteiger partial charge in [-0.05, 0) is 103 Å². The average Bonchev–Trinajstić information content (AvgIpc) is 2.93. The number of aryl methyl sites for hydroxylation is 1. The van der Waals surface area contributed by atoms with E-state index < -0.39 is 6.10 Å². The van der Waals surface area contributed by atoms with Crippen molar-refractivity contribution in [2.75, 3.05) is 13.7 Å². The van der Waals surface area contributed by atoms with Gasteiger partial charge < -0.3 is 30.4 Å². The number of phenols is 1. The van der Waals surface area contributed by atoms with E-state index in [1.165, 1.54) is 46.6 Å². The van der Waals surface area contributed by atoms with E-state index in [0.29, 0.717) is 55.1 Å². The van der Waals surface area contributed by atoms with Gasteiger partial charge in [0.2, 0.25) is 0 Å². The van der Waals surface area contributed by atoms with Gasteiger partial charge in [0.1, 0.15) is 12.2 Å². The number of hydrogen-bond donors (Lipinski definition) is 3. The van der Waals surface area contributed by atoms with Crippen LogP contribution in [0.15, 0.2) is 30.1 Å². The molecule has 0 saturated heterocycles. The van der Waals surface area contributed by atoms with Gasteiger partial charge in [-0.2, -0.15) is 0 Å². The number of benzene rings is 1. The zero-order chi connectivity index (χ0) is 31.1. The molecule has 0 amide bonds. The Morgan fingerprint density at radius 2 is 1.84 bits per heavy atom. The van der Waals surface area contributed by atoms with Crippen LogP contribution in [-0.4, -0.2) is 42.9 Å². The van der Waals surface area contributed by atoms with Gasteiger partial charge in [0.15, 0.2) is 11.5 Å². The number of dihydropyridines is 1. The van der Waals surface area contributed by atoms with E-state index >= 15 is 0 Å². The molecule has 1 aliphatic heterocycles. The van der Waals surface area contributed by atoms with Crippen LogP contribution in [0.25, 0.3) is 5.57 Å². The van der Waals surface area contributed by atoms with E-state index in [1.54, 1.807) is 6.07 Å². The Hall–Kier alpha value is -3.16. The van der Waals surface area contributed by atoms with Gasteiger partial charge in [0.05, 0.1) is 12.9 Å². The molecule has 2 fully saturated rings. The monoisotopic (exact) mass is 596 g/mol. The summed E-state index contributed by atoms with van der Waals surface area (Å²) in [4.78, 5) is 24.7. The number of carbonyl (C=O) groups is 2. The van der Waals surface area contributed by atoms with Crippen LogP contribution >= 0.6 is 0 Å². The Labute approximate surface area is 257 Å². The van der Waals surface area contributed by atoms with Gasteiger partial charge in [0.25, 0.3) is 0 Å². The molecule has 0 spiro atoms. The Balaban J connectivity index is 1.56. The van der Waals surface area contributed by atoms with E-state index in [0.717, 1.165) is 41.9 Å². The Morgan fingerprint density at radius 1 is 1.07 bits per heavy atom. The van der Waals surface area contributed by atoms with Crippen molar-refractivity contribution in [3.63, 3.8) is 0 Å². The molecular weight excluding hydrogens is 544 g/mol. The van der Waals surface area contributed by atoms with Crippen molar-refractivity contribution in [1.82, 2.24) is 5.32 Å². The fourth-order valence-corrected chi connectivity index (χ4v) is 7.89. The predicted molar refractivity (Wildman–Crippen MR) is 168 cm³/mol. The second-order valence-electron chi connectivity index (χ2n) is 13.2. The number of esters is 2. The third kappa shape index (κ3) is 8.93. The second-order valence-corrected chi connectivity index (χ2v) is 13.2. The van der Waals surface area contributed by atoms with E-state index in [-0.39, 0.29) is 29.7 Å². The first-order valence-corrected chi connectivity index (χ1v) is 16.2. The van der Waals surface area contributed by atoms with Crippen LogP contribution in [0.4, 0.5) is 0 Å². The molecule has 0 unspecified atom stereocenters. The summed E-state index contributed by atoms with van der Waals surface area (Å²) in [6.07, 6.45) is 13.1. The zero-order valence-electron chi connectivity index (χ0n) is 26.7. The summed E-state index contributed by atoms with van der Waals surface area (Å²) < 4.78 is 17.4. The summed E-state index contributed by atoms with van der Waals surface area (Å²) in [5.74, 6) is 3.40. The Kier molecular flexibility index (Phi) is 11.4. The molecular formula is C35H52N2O6. The minimum Gasteiger partial charge on any atom is -0.504 e. The van der Waals surface area contributed by atoms with E-state index in [2.05, 4.69) is 19.2 Å². The maximum absolute atomic E-state index is 12.4. The minimum absolute atomic E-state index is 0.0491.